The summed E-state index contributed by atoms with van der Waals surface area (Å²) in [6, 6.07) is 4.29. The van der Waals surface area contributed by atoms with Crippen LogP contribution in [0.1, 0.15) is 45.1 Å². The van der Waals surface area contributed by atoms with Gasteiger partial charge in [-0.25, -0.2) is 0 Å². The van der Waals surface area contributed by atoms with Crippen molar-refractivity contribution in [1.82, 2.24) is 10.3 Å². The molecule has 2 unspecified atom stereocenters. The van der Waals surface area contributed by atoms with E-state index in [-0.39, 0.29) is 0 Å². The standard InChI is InChI=1S/C14H24N2/c1-4-8-16-11-14(12(3)5-2)13-6-9-15-10-7-13/h6-7,9-10,12,14,16H,4-5,8,11H2,1-3H3. The number of nitrogens with zero attached hydrogens (tertiary/aromatic N) is 1. The molecule has 1 N–H and O–H groups in total. The summed E-state index contributed by atoms with van der Waals surface area (Å²) in [5.74, 6) is 1.33. The lowest BCUT2D eigenvalue weighted by atomic mass is 9.86. The van der Waals surface area contributed by atoms with E-state index in [1.54, 1.807) is 0 Å². The molecule has 0 saturated heterocycles. The highest BCUT2D eigenvalue weighted by Gasteiger charge is 2.17. The normalized spacial score (nSPS) is 14.7. The van der Waals surface area contributed by atoms with Crippen molar-refractivity contribution in [3.8, 4) is 0 Å². The zero-order valence-electron chi connectivity index (χ0n) is 10.7. The molecule has 0 aliphatic carbocycles. The third kappa shape index (κ3) is 3.93. The van der Waals surface area contributed by atoms with Crippen LogP contribution in [0.15, 0.2) is 24.5 Å². The Balaban J connectivity index is 2.64. The first kappa shape index (κ1) is 13.2. The Morgan fingerprint density at radius 2 is 1.94 bits per heavy atom. The molecule has 0 bridgehead atoms. The summed E-state index contributed by atoms with van der Waals surface area (Å²) in [5, 5.41) is 3.53. The molecule has 2 atom stereocenters. The van der Waals surface area contributed by atoms with E-state index in [1.807, 2.05) is 12.4 Å². The van der Waals surface area contributed by atoms with Gasteiger partial charge in [0.1, 0.15) is 0 Å². The molecule has 0 saturated carbocycles. The zero-order valence-corrected chi connectivity index (χ0v) is 10.7. The first-order valence-corrected chi connectivity index (χ1v) is 6.40. The summed E-state index contributed by atoms with van der Waals surface area (Å²) in [5.41, 5.74) is 1.41. The topological polar surface area (TPSA) is 24.9 Å². The van der Waals surface area contributed by atoms with E-state index < -0.39 is 0 Å². The average Bonchev–Trinajstić information content (AvgIpc) is 2.35. The van der Waals surface area contributed by atoms with Crippen LogP contribution in [0.2, 0.25) is 0 Å². The lowest BCUT2D eigenvalue weighted by molar-refractivity contribution is 0.421. The molecular formula is C14H24N2. The molecule has 1 heterocycles. The van der Waals surface area contributed by atoms with Crippen molar-refractivity contribution >= 4 is 0 Å². The van der Waals surface area contributed by atoms with Crippen molar-refractivity contribution < 1.29 is 0 Å². The molecule has 0 spiro atoms. The van der Waals surface area contributed by atoms with Gasteiger partial charge in [-0.05, 0) is 42.5 Å². The van der Waals surface area contributed by atoms with Crippen molar-refractivity contribution in [1.29, 1.82) is 0 Å². The number of hydrogen-bond acceptors (Lipinski definition) is 2. The molecule has 16 heavy (non-hydrogen) atoms. The van der Waals surface area contributed by atoms with Gasteiger partial charge < -0.3 is 5.32 Å². The van der Waals surface area contributed by atoms with Crippen LogP contribution in [-0.2, 0) is 0 Å². The number of aromatic nitrogens is 1. The van der Waals surface area contributed by atoms with Crippen LogP contribution in [0, 0.1) is 5.92 Å². The summed E-state index contributed by atoms with van der Waals surface area (Å²) < 4.78 is 0. The van der Waals surface area contributed by atoms with E-state index in [9.17, 15) is 0 Å². The van der Waals surface area contributed by atoms with Crippen molar-refractivity contribution in [3.05, 3.63) is 30.1 Å². The van der Waals surface area contributed by atoms with E-state index in [1.165, 1.54) is 18.4 Å². The van der Waals surface area contributed by atoms with E-state index in [0.717, 1.165) is 13.1 Å². The summed E-state index contributed by atoms with van der Waals surface area (Å²) in [4.78, 5) is 4.09. The Morgan fingerprint density at radius 1 is 1.25 bits per heavy atom. The van der Waals surface area contributed by atoms with Gasteiger partial charge in [0.15, 0.2) is 0 Å². The number of pyridine rings is 1. The minimum Gasteiger partial charge on any atom is -0.316 e. The van der Waals surface area contributed by atoms with Crippen molar-refractivity contribution in [2.75, 3.05) is 13.1 Å². The zero-order chi connectivity index (χ0) is 11.8. The molecule has 0 aliphatic rings. The van der Waals surface area contributed by atoms with E-state index in [0.29, 0.717) is 11.8 Å². The summed E-state index contributed by atoms with van der Waals surface area (Å²) in [7, 11) is 0. The minimum atomic E-state index is 0.611. The lowest BCUT2D eigenvalue weighted by Crippen LogP contribution is -2.26. The maximum atomic E-state index is 4.09. The van der Waals surface area contributed by atoms with Gasteiger partial charge in [-0.15, -0.1) is 0 Å². The Morgan fingerprint density at radius 3 is 2.50 bits per heavy atom. The van der Waals surface area contributed by atoms with Gasteiger partial charge in [0.2, 0.25) is 0 Å². The SMILES string of the molecule is CCCNCC(c1ccncc1)C(C)CC. The maximum Gasteiger partial charge on any atom is 0.0270 e. The number of nitrogens with one attached hydrogen (secondary N) is 1. The molecule has 90 valence electrons. The summed E-state index contributed by atoms with van der Waals surface area (Å²) in [6.07, 6.45) is 6.21. The van der Waals surface area contributed by atoms with Gasteiger partial charge in [-0.3, -0.25) is 4.98 Å². The fraction of sp³-hybridized carbons (Fsp3) is 0.643. The fourth-order valence-corrected chi connectivity index (χ4v) is 1.98. The quantitative estimate of drug-likeness (QED) is 0.714. The van der Waals surface area contributed by atoms with E-state index in [2.05, 4.69) is 43.2 Å². The van der Waals surface area contributed by atoms with Gasteiger partial charge in [0, 0.05) is 18.9 Å². The molecule has 0 fully saturated rings. The second-order valence-electron chi connectivity index (χ2n) is 4.48. The molecule has 2 heteroatoms. The molecule has 1 rings (SSSR count). The van der Waals surface area contributed by atoms with Crippen LogP contribution >= 0.6 is 0 Å². The van der Waals surface area contributed by atoms with Crippen LogP contribution in [0.5, 0.6) is 0 Å². The van der Waals surface area contributed by atoms with Crippen molar-refractivity contribution in [3.63, 3.8) is 0 Å². The lowest BCUT2D eigenvalue weighted by Gasteiger charge is -2.23. The van der Waals surface area contributed by atoms with Gasteiger partial charge in [0.25, 0.3) is 0 Å². The predicted molar refractivity (Wildman–Crippen MR) is 69.6 cm³/mol. The Kier molecular flexibility index (Phi) is 6.09. The highest BCUT2D eigenvalue weighted by atomic mass is 14.9. The van der Waals surface area contributed by atoms with Crippen molar-refractivity contribution in [2.45, 2.75) is 39.5 Å². The van der Waals surface area contributed by atoms with Gasteiger partial charge in [-0.2, -0.15) is 0 Å². The summed E-state index contributed by atoms with van der Waals surface area (Å²) >= 11 is 0. The van der Waals surface area contributed by atoms with E-state index >= 15 is 0 Å². The fourth-order valence-electron chi connectivity index (χ4n) is 1.98. The monoisotopic (exact) mass is 220 g/mol. The van der Waals surface area contributed by atoms with Crippen LogP contribution < -0.4 is 5.32 Å². The molecule has 1 aromatic heterocycles. The third-order valence-electron chi connectivity index (χ3n) is 3.26. The Bertz CT molecular complexity index is 271. The molecule has 0 amide bonds. The highest BCUT2D eigenvalue weighted by Crippen LogP contribution is 2.25. The molecule has 1 aromatic rings. The van der Waals surface area contributed by atoms with Gasteiger partial charge >= 0.3 is 0 Å². The Labute approximate surface area is 99.5 Å². The highest BCUT2D eigenvalue weighted by molar-refractivity contribution is 5.17. The van der Waals surface area contributed by atoms with Crippen LogP contribution in [0.3, 0.4) is 0 Å². The smallest absolute Gasteiger partial charge is 0.0270 e. The number of rotatable bonds is 7. The second-order valence-corrected chi connectivity index (χ2v) is 4.48. The molecule has 0 aliphatic heterocycles. The molecule has 0 aromatic carbocycles. The largest absolute Gasteiger partial charge is 0.316 e. The van der Waals surface area contributed by atoms with Crippen LogP contribution in [0.25, 0.3) is 0 Å². The Hall–Kier alpha value is -0.890. The third-order valence-corrected chi connectivity index (χ3v) is 3.26. The molecular weight excluding hydrogens is 196 g/mol. The number of hydrogen-bond donors (Lipinski definition) is 1. The first-order chi connectivity index (χ1) is 7.79. The van der Waals surface area contributed by atoms with Crippen LogP contribution in [0.4, 0.5) is 0 Å². The summed E-state index contributed by atoms with van der Waals surface area (Å²) in [6.45, 7) is 8.99. The molecule has 2 nitrogen and oxygen atoms in total. The second kappa shape index (κ2) is 7.39. The maximum absolute atomic E-state index is 4.09. The minimum absolute atomic E-state index is 0.611. The van der Waals surface area contributed by atoms with Crippen LogP contribution in [-0.4, -0.2) is 18.1 Å². The van der Waals surface area contributed by atoms with E-state index in [4.69, 9.17) is 0 Å². The predicted octanol–water partition coefficient (Wildman–Crippen LogP) is 3.21. The average molecular weight is 220 g/mol. The van der Waals surface area contributed by atoms with Gasteiger partial charge in [0.05, 0.1) is 0 Å². The first-order valence-electron chi connectivity index (χ1n) is 6.40. The van der Waals surface area contributed by atoms with Gasteiger partial charge in [-0.1, -0.05) is 27.2 Å². The van der Waals surface area contributed by atoms with Crippen molar-refractivity contribution in [2.24, 2.45) is 5.92 Å². The molecule has 0 radical (unpaired) electrons.